The number of phenolic OH excluding ortho intramolecular Hbond substituents is 1. The molecule has 0 radical (unpaired) electrons. The van der Waals surface area contributed by atoms with Gasteiger partial charge in [-0.15, -0.1) is 35.6 Å². The summed E-state index contributed by atoms with van der Waals surface area (Å²) < 4.78 is 0. The molecule has 0 aliphatic rings. The average Bonchev–Trinajstić information content (AvgIpc) is 2.17. The van der Waals surface area contributed by atoms with Gasteiger partial charge in [-0.05, 0) is 30.7 Å². The highest BCUT2D eigenvalue weighted by Crippen LogP contribution is 2.24. The molecule has 1 rings (SSSR count). The van der Waals surface area contributed by atoms with Gasteiger partial charge < -0.3 is 10.0 Å². The van der Waals surface area contributed by atoms with E-state index in [2.05, 4.69) is 4.90 Å². The quantitative estimate of drug-likeness (QED) is 0.838. The smallest absolute Gasteiger partial charge is 0.115 e. The molecule has 2 nitrogen and oxygen atoms in total. The molecule has 0 spiro atoms. The molecule has 0 unspecified atom stereocenters. The number of nitrogens with zero attached hydrogens (tertiary/aromatic N) is 1. The van der Waals surface area contributed by atoms with Crippen LogP contribution in [0, 0.1) is 6.92 Å². The highest BCUT2D eigenvalue weighted by atomic mass is 35.5. The predicted molar refractivity (Wildman–Crippen MR) is 73.7 cm³/mol. The third kappa shape index (κ3) is 4.28. The molecule has 0 aromatic heterocycles. The Morgan fingerprint density at radius 1 is 1.19 bits per heavy atom. The van der Waals surface area contributed by atoms with Crippen molar-refractivity contribution in [1.82, 2.24) is 0 Å². The molecule has 0 amide bonds. The van der Waals surface area contributed by atoms with Crippen LogP contribution in [0.1, 0.15) is 5.56 Å². The standard InChI is InChI=1S/C11H15Cl2NO.ClH/c1-9-8-10(15)2-3-11(9)14(6-4-12)7-5-13;/h2-3,8,15H,4-7H2,1H3;1H. The van der Waals surface area contributed by atoms with Crippen molar-refractivity contribution in [3.8, 4) is 5.75 Å². The molecule has 0 atom stereocenters. The fraction of sp³-hybridized carbons (Fsp3) is 0.455. The van der Waals surface area contributed by atoms with Gasteiger partial charge in [-0.1, -0.05) is 0 Å². The van der Waals surface area contributed by atoms with Crippen LogP contribution in [-0.4, -0.2) is 30.0 Å². The predicted octanol–water partition coefficient (Wildman–Crippen LogP) is 3.41. The maximum atomic E-state index is 9.31. The highest BCUT2D eigenvalue weighted by Gasteiger charge is 2.08. The van der Waals surface area contributed by atoms with Crippen LogP contribution >= 0.6 is 35.6 Å². The average molecular weight is 285 g/mol. The lowest BCUT2D eigenvalue weighted by atomic mass is 10.1. The van der Waals surface area contributed by atoms with Crippen LogP contribution in [-0.2, 0) is 0 Å². The minimum absolute atomic E-state index is 0. The van der Waals surface area contributed by atoms with E-state index in [0.717, 1.165) is 24.3 Å². The Morgan fingerprint density at radius 3 is 2.19 bits per heavy atom. The topological polar surface area (TPSA) is 23.5 Å². The first-order chi connectivity index (χ1) is 7.19. The van der Waals surface area contributed by atoms with Gasteiger partial charge in [0, 0.05) is 30.5 Å². The zero-order valence-corrected chi connectivity index (χ0v) is 11.4. The van der Waals surface area contributed by atoms with E-state index < -0.39 is 0 Å². The van der Waals surface area contributed by atoms with Crippen LogP contribution in [0.25, 0.3) is 0 Å². The zero-order valence-electron chi connectivity index (χ0n) is 9.12. The minimum atomic E-state index is 0. The lowest BCUT2D eigenvalue weighted by Crippen LogP contribution is -2.28. The largest absolute Gasteiger partial charge is 0.508 e. The maximum Gasteiger partial charge on any atom is 0.115 e. The maximum absolute atomic E-state index is 9.31. The van der Waals surface area contributed by atoms with Crippen LogP contribution < -0.4 is 4.90 Å². The van der Waals surface area contributed by atoms with Gasteiger partial charge in [-0.25, -0.2) is 0 Å². The van der Waals surface area contributed by atoms with E-state index in [9.17, 15) is 5.11 Å². The fourth-order valence-corrected chi connectivity index (χ4v) is 1.96. The Morgan fingerprint density at radius 2 is 1.75 bits per heavy atom. The van der Waals surface area contributed by atoms with Crippen molar-refractivity contribution in [2.24, 2.45) is 0 Å². The summed E-state index contributed by atoms with van der Waals surface area (Å²) in [6.45, 7) is 3.49. The second kappa shape index (κ2) is 7.88. The Bertz CT molecular complexity index is 314. The van der Waals surface area contributed by atoms with E-state index in [1.165, 1.54) is 0 Å². The molecule has 0 saturated carbocycles. The van der Waals surface area contributed by atoms with Crippen LogP contribution in [0.15, 0.2) is 18.2 Å². The minimum Gasteiger partial charge on any atom is -0.508 e. The normalized spacial score (nSPS) is 9.69. The lowest BCUT2D eigenvalue weighted by Gasteiger charge is -2.24. The molecule has 0 saturated heterocycles. The van der Waals surface area contributed by atoms with E-state index >= 15 is 0 Å². The molecule has 1 N–H and O–H groups in total. The second-order valence-electron chi connectivity index (χ2n) is 3.34. The summed E-state index contributed by atoms with van der Waals surface area (Å²) in [5.74, 6) is 1.42. The van der Waals surface area contributed by atoms with Crippen molar-refractivity contribution < 1.29 is 5.11 Å². The lowest BCUT2D eigenvalue weighted by molar-refractivity contribution is 0.475. The highest BCUT2D eigenvalue weighted by molar-refractivity contribution is 6.18. The first-order valence-electron chi connectivity index (χ1n) is 4.85. The molecule has 0 bridgehead atoms. The molecule has 0 fully saturated rings. The number of hydrogen-bond acceptors (Lipinski definition) is 2. The third-order valence-corrected chi connectivity index (χ3v) is 2.57. The summed E-state index contributed by atoms with van der Waals surface area (Å²) in [7, 11) is 0. The summed E-state index contributed by atoms with van der Waals surface area (Å²) in [5.41, 5.74) is 2.11. The van der Waals surface area contributed by atoms with Crippen LogP contribution in [0.2, 0.25) is 0 Å². The Kier molecular flexibility index (Phi) is 7.73. The Balaban J connectivity index is 0.00000225. The van der Waals surface area contributed by atoms with Crippen LogP contribution in [0.3, 0.4) is 0 Å². The van der Waals surface area contributed by atoms with Crippen molar-refractivity contribution in [2.75, 3.05) is 29.7 Å². The Labute approximate surface area is 113 Å². The van der Waals surface area contributed by atoms with E-state index in [4.69, 9.17) is 23.2 Å². The van der Waals surface area contributed by atoms with E-state index in [1.54, 1.807) is 12.1 Å². The molecule has 0 aliphatic heterocycles. The van der Waals surface area contributed by atoms with Crippen molar-refractivity contribution in [2.45, 2.75) is 6.92 Å². The van der Waals surface area contributed by atoms with Crippen LogP contribution in [0.5, 0.6) is 5.75 Å². The number of halogens is 3. The van der Waals surface area contributed by atoms with E-state index in [-0.39, 0.29) is 18.2 Å². The number of hydrogen-bond donors (Lipinski definition) is 1. The van der Waals surface area contributed by atoms with Gasteiger partial charge in [0.15, 0.2) is 0 Å². The fourth-order valence-electron chi connectivity index (χ4n) is 1.55. The van der Waals surface area contributed by atoms with Gasteiger partial charge in [0.05, 0.1) is 0 Å². The van der Waals surface area contributed by atoms with Gasteiger partial charge in [0.2, 0.25) is 0 Å². The number of alkyl halides is 2. The van der Waals surface area contributed by atoms with Gasteiger partial charge in [0.1, 0.15) is 5.75 Å². The first kappa shape index (κ1) is 15.7. The van der Waals surface area contributed by atoms with Gasteiger partial charge in [-0.3, -0.25) is 0 Å². The monoisotopic (exact) mass is 283 g/mol. The summed E-state index contributed by atoms with van der Waals surface area (Å²) >= 11 is 11.5. The van der Waals surface area contributed by atoms with Crippen molar-refractivity contribution in [3.05, 3.63) is 23.8 Å². The van der Waals surface area contributed by atoms with Gasteiger partial charge in [-0.2, -0.15) is 0 Å². The molecule has 1 aromatic rings. The van der Waals surface area contributed by atoms with Crippen LogP contribution in [0.4, 0.5) is 5.69 Å². The number of anilines is 1. The van der Waals surface area contributed by atoms with Gasteiger partial charge >= 0.3 is 0 Å². The molecule has 92 valence electrons. The summed E-state index contributed by atoms with van der Waals surface area (Å²) in [5, 5.41) is 9.31. The summed E-state index contributed by atoms with van der Waals surface area (Å²) in [6, 6.07) is 5.31. The van der Waals surface area contributed by atoms with Crippen molar-refractivity contribution in [1.29, 1.82) is 0 Å². The van der Waals surface area contributed by atoms with Crippen molar-refractivity contribution in [3.63, 3.8) is 0 Å². The molecule has 16 heavy (non-hydrogen) atoms. The first-order valence-corrected chi connectivity index (χ1v) is 5.92. The second-order valence-corrected chi connectivity index (χ2v) is 4.09. The molecular formula is C11H16Cl3NO. The van der Waals surface area contributed by atoms with Crippen molar-refractivity contribution >= 4 is 41.3 Å². The third-order valence-electron chi connectivity index (χ3n) is 2.23. The van der Waals surface area contributed by atoms with E-state index in [1.807, 2.05) is 13.0 Å². The number of aryl methyl sites for hydroxylation is 1. The number of phenols is 1. The SMILES string of the molecule is Cc1cc(O)ccc1N(CCCl)CCCl.Cl. The number of benzene rings is 1. The summed E-state index contributed by atoms with van der Waals surface area (Å²) in [4.78, 5) is 2.12. The molecule has 1 aromatic carbocycles. The Hall–Kier alpha value is -0.310. The molecular weight excluding hydrogens is 268 g/mol. The van der Waals surface area contributed by atoms with E-state index in [0.29, 0.717) is 11.8 Å². The number of rotatable bonds is 5. The number of aromatic hydroxyl groups is 1. The molecule has 5 heteroatoms. The molecule has 0 aliphatic carbocycles. The molecule has 0 heterocycles. The summed E-state index contributed by atoms with van der Waals surface area (Å²) in [6.07, 6.45) is 0. The zero-order chi connectivity index (χ0) is 11.3. The van der Waals surface area contributed by atoms with Gasteiger partial charge in [0.25, 0.3) is 0 Å².